The van der Waals surface area contributed by atoms with Crippen LogP contribution in [0.25, 0.3) is 5.78 Å². The van der Waals surface area contributed by atoms with Crippen LogP contribution in [-0.2, 0) is 12.3 Å². The standard InChI is InChI=1S/C23H22F2N6O2S/c1-14(2)11-30-13-26-22-27-16(10-21(32)31(22)30)12-34-20-6-4-3-5-19(20)29-23(33)28-18-8-7-15(24)9-17(18)25/h3-10,13-14H,11-12H2,1-2H3,(H2,28,29,33). The summed E-state index contributed by atoms with van der Waals surface area (Å²) in [5, 5.41) is 5.03. The van der Waals surface area contributed by atoms with Gasteiger partial charge in [0, 0.05) is 29.3 Å². The highest BCUT2D eigenvalue weighted by atomic mass is 32.2. The number of carbonyl (C=O) groups is 1. The number of fused-ring (bicyclic) bond motifs is 1. The Kier molecular flexibility index (Phi) is 6.92. The third-order valence-electron chi connectivity index (χ3n) is 4.74. The number of carbonyl (C=O) groups excluding carboxylic acids is 1. The van der Waals surface area contributed by atoms with Gasteiger partial charge in [0.2, 0.25) is 0 Å². The minimum atomic E-state index is -0.874. The third-order valence-corrected chi connectivity index (χ3v) is 5.84. The molecule has 2 heterocycles. The lowest BCUT2D eigenvalue weighted by molar-refractivity contribution is 0.262. The summed E-state index contributed by atoms with van der Waals surface area (Å²) in [5.41, 5.74) is 0.689. The van der Waals surface area contributed by atoms with Crippen LogP contribution in [0.2, 0.25) is 0 Å². The number of amides is 2. The van der Waals surface area contributed by atoms with E-state index in [0.717, 1.165) is 17.0 Å². The molecule has 0 saturated carbocycles. The quantitative estimate of drug-likeness (QED) is 0.369. The van der Waals surface area contributed by atoms with Crippen LogP contribution in [0.3, 0.4) is 0 Å². The topological polar surface area (TPSA) is 93.3 Å². The molecule has 0 radical (unpaired) electrons. The maximum absolute atomic E-state index is 13.8. The van der Waals surface area contributed by atoms with Crippen LogP contribution in [0.1, 0.15) is 19.5 Å². The first-order valence-corrected chi connectivity index (χ1v) is 11.5. The van der Waals surface area contributed by atoms with E-state index in [1.807, 2.05) is 12.1 Å². The highest BCUT2D eigenvalue weighted by Crippen LogP contribution is 2.29. The number of urea groups is 1. The summed E-state index contributed by atoms with van der Waals surface area (Å²) in [5.74, 6) is -0.559. The van der Waals surface area contributed by atoms with Gasteiger partial charge in [0.1, 0.15) is 18.0 Å². The van der Waals surface area contributed by atoms with E-state index in [0.29, 0.717) is 41.4 Å². The maximum Gasteiger partial charge on any atom is 0.323 e. The van der Waals surface area contributed by atoms with Gasteiger partial charge < -0.3 is 10.6 Å². The Morgan fingerprint density at radius 2 is 1.85 bits per heavy atom. The molecule has 0 unspecified atom stereocenters. The number of aromatic nitrogens is 4. The van der Waals surface area contributed by atoms with Crippen molar-refractivity contribution in [2.24, 2.45) is 5.92 Å². The average Bonchev–Trinajstić information content (AvgIpc) is 3.17. The Hall–Kier alpha value is -3.73. The average molecular weight is 485 g/mol. The molecular formula is C23H22F2N6O2S. The number of hydrogen-bond donors (Lipinski definition) is 2. The van der Waals surface area contributed by atoms with Crippen LogP contribution < -0.4 is 16.2 Å². The smallest absolute Gasteiger partial charge is 0.307 e. The Bertz CT molecular complexity index is 1400. The first kappa shape index (κ1) is 23.4. The molecule has 0 aliphatic rings. The molecule has 2 N–H and O–H groups in total. The molecule has 11 heteroatoms. The Morgan fingerprint density at radius 3 is 2.62 bits per heavy atom. The normalized spacial score (nSPS) is 11.2. The molecule has 0 bridgehead atoms. The van der Waals surface area contributed by atoms with Crippen molar-refractivity contribution in [3.63, 3.8) is 0 Å². The van der Waals surface area contributed by atoms with Gasteiger partial charge in [-0.3, -0.25) is 9.48 Å². The van der Waals surface area contributed by atoms with Crippen LogP contribution in [-0.4, -0.2) is 25.2 Å². The van der Waals surface area contributed by atoms with E-state index >= 15 is 0 Å². The minimum Gasteiger partial charge on any atom is -0.307 e. The lowest BCUT2D eigenvalue weighted by Gasteiger charge is -2.12. The molecular weight excluding hydrogens is 462 g/mol. The monoisotopic (exact) mass is 484 g/mol. The molecule has 8 nitrogen and oxygen atoms in total. The molecule has 34 heavy (non-hydrogen) atoms. The van der Waals surface area contributed by atoms with Crippen molar-refractivity contribution in [3.05, 3.63) is 82.5 Å². The Labute approximate surface area is 198 Å². The predicted molar refractivity (Wildman–Crippen MR) is 127 cm³/mol. The van der Waals surface area contributed by atoms with Gasteiger partial charge in [-0.2, -0.15) is 9.50 Å². The molecule has 0 atom stereocenters. The number of para-hydroxylation sites is 1. The fraction of sp³-hybridized carbons (Fsp3) is 0.217. The number of nitrogens with one attached hydrogen (secondary N) is 2. The Balaban J connectivity index is 1.46. The number of benzene rings is 2. The molecule has 2 aromatic heterocycles. The number of nitrogens with zero attached hydrogens (tertiary/aromatic N) is 4. The summed E-state index contributed by atoms with van der Waals surface area (Å²) < 4.78 is 30.1. The van der Waals surface area contributed by atoms with E-state index in [1.165, 1.54) is 22.3 Å². The molecule has 2 aromatic carbocycles. The van der Waals surface area contributed by atoms with Crippen molar-refractivity contribution in [2.45, 2.75) is 31.0 Å². The van der Waals surface area contributed by atoms with Crippen molar-refractivity contribution in [1.29, 1.82) is 0 Å². The van der Waals surface area contributed by atoms with E-state index in [4.69, 9.17) is 0 Å². The van der Waals surface area contributed by atoms with Crippen LogP contribution in [0, 0.1) is 17.6 Å². The number of anilines is 2. The lowest BCUT2D eigenvalue weighted by atomic mass is 10.2. The zero-order valence-corrected chi connectivity index (χ0v) is 19.3. The Morgan fingerprint density at radius 1 is 1.09 bits per heavy atom. The van der Waals surface area contributed by atoms with Crippen molar-refractivity contribution in [3.8, 4) is 0 Å². The molecule has 0 fully saturated rings. The van der Waals surface area contributed by atoms with Crippen LogP contribution >= 0.6 is 11.8 Å². The number of hydrogen-bond acceptors (Lipinski definition) is 5. The highest BCUT2D eigenvalue weighted by Gasteiger charge is 2.13. The lowest BCUT2D eigenvalue weighted by Crippen LogP contribution is -2.22. The number of thioether (sulfide) groups is 1. The van der Waals surface area contributed by atoms with E-state index in [2.05, 4.69) is 34.4 Å². The summed E-state index contributed by atoms with van der Waals surface area (Å²) in [4.78, 5) is 34.4. The maximum atomic E-state index is 13.8. The molecule has 0 aliphatic carbocycles. The van der Waals surface area contributed by atoms with Gasteiger partial charge in [-0.25, -0.2) is 18.6 Å². The first-order valence-electron chi connectivity index (χ1n) is 10.5. The second-order valence-electron chi connectivity index (χ2n) is 7.95. The van der Waals surface area contributed by atoms with Crippen LogP contribution in [0.15, 0.2) is 64.5 Å². The molecule has 176 valence electrons. The second-order valence-corrected chi connectivity index (χ2v) is 8.96. The van der Waals surface area contributed by atoms with Crippen LogP contribution in [0.5, 0.6) is 0 Å². The molecule has 0 saturated heterocycles. The zero-order valence-electron chi connectivity index (χ0n) is 18.5. The van der Waals surface area contributed by atoms with Crippen LogP contribution in [0.4, 0.5) is 25.0 Å². The summed E-state index contributed by atoms with van der Waals surface area (Å²) in [7, 11) is 0. The van der Waals surface area contributed by atoms with E-state index in [-0.39, 0.29) is 11.2 Å². The van der Waals surface area contributed by atoms with Crippen molar-refractivity contribution in [2.75, 3.05) is 10.6 Å². The third kappa shape index (κ3) is 5.42. The van der Waals surface area contributed by atoms with Gasteiger partial charge in [0.25, 0.3) is 11.3 Å². The molecule has 0 spiro atoms. The van der Waals surface area contributed by atoms with Crippen molar-refractivity contribution >= 4 is 34.9 Å². The van der Waals surface area contributed by atoms with Crippen molar-refractivity contribution < 1.29 is 13.6 Å². The largest absolute Gasteiger partial charge is 0.323 e. The van der Waals surface area contributed by atoms with Gasteiger partial charge in [-0.05, 0) is 30.2 Å². The van der Waals surface area contributed by atoms with Gasteiger partial charge in [-0.15, -0.1) is 11.8 Å². The molecule has 4 aromatic rings. The van der Waals surface area contributed by atoms with Gasteiger partial charge in [-0.1, -0.05) is 26.0 Å². The number of rotatable bonds is 7. The first-order chi connectivity index (χ1) is 16.3. The highest BCUT2D eigenvalue weighted by molar-refractivity contribution is 7.98. The summed E-state index contributed by atoms with van der Waals surface area (Å²) in [6.07, 6.45) is 1.60. The fourth-order valence-corrected chi connectivity index (χ4v) is 4.20. The summed E-state index contributed by atoms with van der Waals surface area (Å²) in [6, 6.07) is 10.8. The van der Waals surface area contributed by atoms with E-state index < -0.39 is 17.7 Å². The predicted octanol–water partition coefficient (Wildman–Crippen LogP) is 4.76. The van der Waals surface area contributed by atoms with Crippen molar-refractivity contribution in [1.82, 2.24) is 19.2 Å². The van der Waals surface area contributed by atoms with Gasteiger partial charge >= 0.3 is 6.03 Å². The van der Waals surface area contributed by atoms with E-state index in [1.54, 1.807) is 23.1 Å². The van der Waals surface area contributed by atoms with E-state index in [9.17, 15) is 18.4 Å². The zero-order chi connectivity index (χ0) is 24.2. The molecule has 4 rings (SSSR count). The molecule has 2 amide bonds. The molecule has 0 aliphatic heterocycles. The SMILES string of the molecule is CC(C)Cn1cnc2nc(CSc3ccccc3NC(=O)Nc3ccc(F)cc3F)cc(=O)n21. The van der Waals surface area contributed by atoms with Gasteiger partial charge in [0.05, 0.1) is 17.1 Å². The summed E-state index contributed by atoms with van der Waals surface area (Å²) >= 11 is 1.38. The van der Waals surface area contributed by atoms with Gasteiger partial charge in [0.15, 0.2) is 0 Å². The second kappa shape index (κ2) is 10.0. The summed E-state index contributed by atoms with van der Waals surface area (Å²) in [6.45, 7) is 4.75. The number of halogens is 2. The fourth-order valence-electron chi connectivity index (χ4n) is 3.30. The minimum absolute atomic E-state index is 0.140.